The lowest BCUT2D eigenvalue weighted by atomic mass is 9.81. The third-order valence-electron chi connectivity index (χ3n) is 9.03. The van der Waals surface area contributed by atoms with Crippen LogP contribution in [0.5, 0.6) is 11.5 Å². The predicted molar refractivity (Wildman–Crippen MR) is 132 cm³/mol. The number of para-hydroxylation sites is 1. The Morgan fingerprint density at radius 1 is 0.972 bits per heavy atom. The van der Waals surface area contributed by atoms with Gasteiger partial charge in [0.2, 0.25) is 18.6 Å². The van der Waals surface area contributed by atoms with Gasteiger partial charge in [-0.15, -0.1) is 0 Å². The van der Waals surface area contributed by atoms with Gasteiger partial charge < -0.3 is 29.2 Å². The van der Waals surface area contributed by atoms with Gasteiger partial charge in [-0.05, 0) is 61.2 Å². The van der Waals surface area contributed by atoms with Crippen LogP contribution in [0.15, 0.2) is 42.5 Å². The van der Waals surface area contributed by atoms with Crippen LogP contribution in [0.25, 0.3) is 10.9 Å². The van der Waals surface area contributed by atoms with E-state index in [1.807, 2.05) is 40.1 Å². The molecule has 1 N–H and O–H groups in total. The van der Waals surface area contributed by atoms with Crippen LogP contribution in [0, 0.1) is 5.92 Å². The number of piperidine rings is 3. The molecule has 4 saturated heterocycles. The SMILES string of the molecule is O=C1[C@H]2Cc3c([nH]c4ccccc34)[C@H](c3ccc4c(c3)OCO4)N2C(=O)CN1C1CN2CCC1CC2. The molecule has 0 saturated carbocycles. The first-order valence-electron chi connectivity index (χ1n) is 13.0. The fraction of sp³-hybridized carbons (Fsp3) is 0.429. The molecule has 6 aliphatic heterocycles. The van der Waals surface area contributed by atoms with E-state index in [1.54, 1.807) is 0 Å². The highest BCUT2D eigenvalue weighted by molar-refractivity contribution is 5.98. The molecule has 0 spiro atoms. The van der Waals surface area contributed by atoms with Gasteiger partial charge in [0.1, 0.15) is 12.6 Å². The van der Waals surface area contributed by atoms with Gasteiger partial charge in [0.05, 0.1) is 6.04 Å². The number of fused-ring (bicyclic) bond motifs is 8. The number of benzene rings is 2. The Labute approximate surface area is 208 Å². The smallest absolute Gasteiger partial charge is 0.246 e. The average Bonchev–Trinajstić information content (AvgIpc) is 3.54. The van der Waals surface area contributed by atoms with Crippen molar-refractivity contribution in [2.75, 3.05) is 33.0 Å². The van der Waals surface area contributed by atoms with Gasteiger partial charge in [-0.2, -0.15) is 0 Å². The third kappa shape index (κ3) is 2.85. The number of piperazine rings is 1. The molecular weight excluding hydrogens is 456 g/mol. The van der Waals surface area contributed by atoms with Gasteiger partial charge in [0.25, 0.3) is 0 Å². The van der Waals surface area contributed by atoms with Crippen molar-refractivity contribution in [2.45, 2.75) is 37.4 Å². The number of hydrogen-bond acceptors (Lipinski definition) is 5. The van der Waals surface area contributed by atoms with E-state index in [0.717, 1.165) is 60.2 Å². The van der Waals surface area contributed by atoms with E-state index in [1.165, 1.54) is 0 Å². The van der Waals surface area contributed by atoms with Crippen LogP contribution in [-0.2, 0) is 16.0 Å². The first kappa shape index (κ1) is 20.7. The lowest BCUT2D eigenvalue weighted by Gasteiger charge is -2.53. The second kappa shape index (κ2) is 7.49. The molecule has 1 aromatic heterocycles. The molecule has 4 fully saturated rings. The number of carbonyl (C=O) groups excluding carboxylic acids is 2. The molecule has 0 aliphatic carbocycles. The van der Waals surface area contributed by atoms with E-state index in [9.17, 15) is 9.59 Å². The van der Waals surface area contributed by atoms with Crippen molar-refractivity contribution < 1.29 is 19.1 Å². The van der Waals surface area contributed by atoms with E-state index in [-0.39, 0.29) is 37.2 Å². The summed E-state index contributed by atoms with van der Waals surface area (Å²) in [5.74, 6) is 1.99. The van der Waals surface area contributed by atoms with Gasteiger partial charge in [0, 0.05) is 35.6 Å². The molecule has 7 heterocycles. The van der Waals surface area contributed by atoms with E-state index in [0.29, 0.717) is 23.8 Å². The number of nitrogens with zero attached hydrogens (tertiary/aromatic N) is 3. The number of hydrogen-bond donors (Lipinski definition) is 1. The zero-order valence-corrected chi connectivity index (χ0v) is 20.0. The molecule has 3 atom stereocenters. The van der Waals surface area contributed by atoms with Crippen molar-refractivity contribution in [3.8, 4) is 11.5 Å². The second-order valence-corrected chi connectivity index (χ2v) is 10.8. The number of nitrogens with one attached hydrogen (secondary N) is 1. The van der Waals surface area contributed by atoms with Crippen LogP contribution in [0.1, 0.15) is 35.7 Å². The molecule has 9 rings (SSSR count). The third-order valence-corrected chi connectivity index (χ3v) is 9.03. The Morgan fingerprint density at radius 2 is 1.81 bits per heavy atom. The van der Waals surface area contributed by atoms with Crippen LogP contribution in [-0.4, -0.2) is 76.6 Å². The molecule has 6 aliphatic rings. The molecule has 0 radical (unpaired) electrons. The quantitative estimate of drug-likeness (QED) is 0.605. The number of aromatic amines is 1. The van der Waals surface area contributed by atoms with Gasteiger partial charge >= 0.3 is 0 Å². The van der Waals surface area contributed by atoms with Crippen LogP contribution < -0.4 is 9.47 Å². The maximum absolute atomic E-state index is 14.2. The summed E-state index contributed by atoms with van der Waals surface area (Å²) in [6.07, 6.45) is 2.76. The summed E-state index contributed by atoms with van der Waals surface area (Å²) in [7, 11) is 0. The summed E-state index contributed by atoms with van der Waals surface area (Å²) in [5.41, 5.74) is 4.08. The number of amides is 2. The van der Waals surface area contributed by atoms with Crippen molar-refractivity contribution >= 4 is 22.7 Å². The lowest BCUT2D eigenvalue weighted by molar-refractivity contribution is -0.164. The highest BCUT2D eigenvalue weighted by atomic mass is 16.7. The number of aromatic nitrogens is 1. The normalized spacial score (nSPS) is 30.6. The number of H-pyrrole nitrogens is 1. The average molecular weight is 485 g/mol. The van der Waals surface area contributed by atoms with Crippen molar-refractivity contribution in [3.63, 3.8) is 0 Å². The van der Waals surface area contributed by atoms with E-state index < -0.39 is 6.04 Å². The molecule has 2 aromatic carbocycles. The zero-order chi connectivity index (χ0) is 24.0. The van der Waals surface area contributed by atoms with Crippen LogP contribution in [0.4, 0.5) is 0 Å². The topological polar surface area (TPSA) is 78.1 Å². The van der Waals surface area contributed by atoms with Gasteiger partial charge in [-0.1, -0.05) is 24.3 Å². The zero-order valence-electron chi connectivity index (χ0n) is 20.0. The summed E-state index contributed by atoms with van der Waals surface area (Å²) in [6, 6.07) is 13.3. The monoisotopic (exact) mass is 484 g/mol. The van der Waals surface area contributed by atoms with Gasteiger partial charge in [-0.3, -0.25) is 9.59 Å². The van der Waals surface area contributed by atoms with Crippen molar-refractivity contribution in [2.24, 2.45) is 5.92 Å². The van der Waals surface area contributed by atoms with Crippen LogP contribution in [0.3, 0.4) is 0 Å². The van der Waals surface area contributed by atoms with E-state index in [4.69, 9.17) is 9.47 Å². The van der Waals surface area contributed by atoms with Crippen molar-refractivity contribution in [3.05, 3.63) is 59.3 Å². The highest BCUT2D eigenvalue weighted by Gasteiger charge is 2.51. The van der Waals surface area contributed by atoms with Gasteiger partial charge in [-0.25, -0.2) is 0 Å². The van der Waals surface area contributed by atoms with Gasteiger partial charge in [0.15, 0.2) is 11.5 Å². The fourth-order valence-corrected chi connectivity index (χ4v) is 7.28. The first-order valence-corrected chi connectivity index (χ1v) is 13.0. The molecule has 3 aromatic rings. The van der Waals surface area contributed by atoms with Crippen molar-refractivity contribution in [1.82, 2.24) is 19.7 Å². The predicted octanol–water partition coefficient (Wildman–Crippen LogP) is 2.68. The second-order valence-electron chi connectivity index (χ2n) is 10.8. The fourth-order valence-electron chi connectivity index (χ4n) is 7.28. The highest BCUT2D eigenvalue weighted by Crippen LogP contribution is 2.45. The van der Waals surface area contributed by atoms with Crippen LogP contribution >= 0.6 is 0 Å². The standard InChI is InChI=1S/C28H28N4O4/c33-25-14-31(22-13-30-9-7-16(22)8-10-30)28(34)21-12-19-18-3-1-2-4-20(18)29-26(19)27(32(21)25)17-5-6-23-24(11-17)36-15-35-23/h1-6,11,16,21-22,27,29H,7-10,12-15H2/t21-,22?,27+/m1/s1. The summed E-state index contributed by atoms with van der Waals surface area (Å²) in [4.78, 5) is 37.9. The summed E-state index contributed by atoms with van der Waals surface area (Å²) < 4.78 is 11.2. The largest absolute Gasteiger partial charge is 0.454 e. The molecule has 184 valence electrons. The Balaban J connectivity index is 1.25. The maximum Gasteiger partial charge on any atom is 0.246 e. The molecule has 2 bridgehead atoms. The minimum Gasteiger partial charge on any atom is -0.454 e. The number of carbonyl (C=O) groups is 2. The molecule has 2 amide bonds. The lowest BCUT2D eigenvalue weighted by Crippen LogP contribution is -2.68. The molecule has 36 heavy (non-hydrogen) atoms. The minimum absolute atomic E-state index is 0.0167. The molecular formula is C28H28N4O4. The first-order chi connectivity index (χ1) is 17.7. The molecule has 8 nitrogen and oxygen atoms in total. The van der Waals surface area contributed by atoms with Crippen LogP contribution in [0.2, 0.25) is 0 Å². The minimum atomic E-state index is -0.510. The van der Waals surface area contributed by atoms with Crippen molar-refractivity contribution in [1.29, 1.82) is 0 Å². The Morgan fingerprint density at radius 3 is 2.64 bits per heavy atom. The van der Waals surface area contributed by atoms with E-state index in [2.05, 4.69) is 22.0 Å². The Hall–Kier alpha value is -3.52. The van der Waals surface area contributed by atoms with E-state index >= 15 is 0 Å². The summed E-state index contributed by atoms with van der Waals surface area (Å²) in [5, 5.41) is 1.12. The molecule has 8 heteroatoms. The maximum atomic E-state index is 14.2. The summed E-state index contributed by atoms with van der Waals surface area (Å²) >= 11 is 0. The number of rotatable bonds is 2. The summed E-state index contributed by atoms with van der Waals surface area (Å²) in [6.45, 7) is 3.45. The Kier molecular flexibility index (Phi) is 4.30. The Bertz CT molecular complexity index is 1410. The number of ether oxygens (including phenoxy) is 2. The molecule has 1 unspecified atom stereocenters.